The summed E-state index contributed by atoms with van der Waals surface area (Å²) in [6.07, 6.45) is -3.50. The number of halogens is 2. The molecular weight excluding hydrogens is 464 g/mol. The molecule has 0 aromatic carbocycles. The molecule has 0 unspecified atom stereocenters. The van der Waals surface area contributed by atoms with Gasteiger partial charge in [0.15, 0.2) is 0 Å². The van der Waals surface area contributed by atoms with Crippen LogP contribution in [0.15, 0.2) is 0 Å². The molecule has 1 heterocycles. The normalized spacial score (nSPS) is 27.3. The van der Waals surface area contributed by atoms with Gasteiger partial charge >= 0.3 is 12.1 Å². The van der Waals surface area contributed by atoms with Crippen LogP contribution in [0, 0.1) is 17.3 Å². The van der Waals surface area contributed by atoms with Crippen molar-refractivity contribution >= 4 is 23.9 Å². The maximum absolute atomic E-state index is 13.6. The third-order valence-corrected chi connectivity index (χ3v) is 6.17. The number of amides is 3. The molecule has 9 nitrogen and oxygen atoms in total. The predicted molar refractivity (Wildman–Crippen MR) is 124 cm³/mol. The summed E-state index contributed by atoms with van der Waals surface area (Å²) >= 11 is 0. The lowest BCUT2D eigenvalue weighted by atomic mass is 9.85. The Labute approximate surface area is 205 Å². The topological polar surface area (TPSA) is 114 Å². The number of carbonyl (C=O) groups is 4. The SMILES string of the molecule is CCOC(=O)[C@@]1(NC(=O)[C@@H]2C[C@@H](C)CN2C(=O)[C@@H](NC(=O)OC(C)(C)C)C(C)(C)C)C[C@H]1C(F)F. The summed E-state index contributed by atoms with van der Waals surface area (Å²) in [5, 5.41) is 5.11. The first kappa shape index (κ1) is 28.8. The van der Waals surface area contributed by atoms with Gasteiger partial charge in [0.1, 0.15) is 23.2 Å². The lowest BCUT2D eigenvalue weighted by Crippen LogP contribution is -2.59. The molecule has 0 radical (unpaired) electrons. The number of ether oxygens (including phenoxy) is 2. The average Bonchev–Trinajstić information content (AvgIpc) is 3.29. The van der Waals surface area contributed by atoms with Gasteiger partial charge in [-0.2, -0.15) is 0 Å². The van der Waals surface area contributed by atoms with Crippen LogP contribution in [-0.4, -0.2) is 71.6 Å². The highest BCUT2D eigenvalue weighted by Crippen LogP contribution is 2.48. The number of esters is 1. The number of nitrogens with one attached hydrogen (secondary N) is 2. The van der Waals surface area contributed by atoms with Crippen LogP contribution in [0.25, 0.3) is 0 Å². The number of rotatable bonds is 7. The third-order valence-electron chi connectivity index (χ3n) is 6.17. The Morgan fingerprint density at radius 2 is 1.71 bits per heavy atom. The van der Waals surface area contributed by atoms with E-state index in [1.165, 1.54) is 4.90 Å². The molecule has 11 heteroatoms. The summed E-state index contributed by atoms with van der Waals surface area (Å²) in [5.74, 6) is -3.48. The second kappa shape index (κ2) is 10.3. The van der Waals surface area contributed by atoms with Gasteiger partial charge in [0.05, 0.1) is 12.5 Å². The van der Waals surface area contributed by atoms with E-state index < -0.39 is 64.9 Å². The van der Waals surface area contributed by atoms with E-state index in [1.807, 2.05) is 6.92 Å². The molecule has 1 aliphatic carbocycles. The average molecular weight is 504 g/mol. The molecule has 0 aromatic heterocycles. The fourth-order valence-corrected chi connectivity index (χ4v) is 4.36. The molecule has 200 valence electrons. The zero-order valence-corrected chi connectivity index (χ0v) is 21.9. The number of hydrogen-bond donors (Lipinski definition) is 2. The highest BCUT2D eigenvalue weighted by molar-refractivity contribution is 5.96. The van der Waals surface area contributed by atoms with Crippen molar-refractivity contribution in [2.45, 2.75) is 97.9 Å². The standard InChI is InChI=1S/C24H39F2N3O6/c1-9-34-20(32)24(11-14(24)17(25)26)28-18(30)15-10-13(2)12-29(15)19(31)16(22(3,4)5)27-21(33)35-23(6,7)8/h13-17H,9-12H2,1-8H3,(H,27,33)(H,28,30)/t13-,14+,15+,16-,24-/m1/s1. The summed E-state index contributed by atoms with van der Waals surface area (Å²) in [5.41, 5.74) is -3.28. The Kier molecular flexibility index (Phi) is 8.44. The second-order valence-electron chi connectivity index (χ2n) is 11.6. The Hall–Kier alpha value is -2.46. The second-order valence-corrected chi connectivity index (χ2v) is 11.6. The van der Waals surface area contributed by atoms with E-state index in [0.717, 1.165) is 0 Å². The molecule has 5 atom stereocenters. The lowest BCUT2D eigenvalue weighted by molar-refractivity contribution is -0.151. The van der Waals surface area contributed by atoms with Gasteiger partial charge in [-0.15, -0.1) is 0 Å². The Morgan fingerprint density at radius 3 is 2.17 bits per heavy atom. The van der Waals surface area contributed by atoms with Crippen molar-refractivity contribution in [1.82, 2.24) is 15.5 Å². The van der Waals surface area contributed by atoms with Crippen LogP contribution >= 0.6 is 0 Å². The van der Waals surface area contributed by atoms with Gasteiger partial charge in [-0.05, 0) is 51.9 Å². The molecule has 1 aliphatic heterocycles. The van der Waals surface area contributed by atoms with Crippen LogP contribution in [0.1, 0.15) is 68.2 Å². The van der Waals surface area contributed by atoms with E-state index >= 15 is 0 Å². The van der Waals surface area contributed by atoms with Crippen molar-refractivity contribution in [1.29, 1.82) is 0 Å². The van der Waals surface area contributed by atoms with E-state index in [-0.39, 0.29) is 25.5 Å². The molecule has 2 N–H and O–H groups in total. The van der Waals surface area contributed by atoms with Gasteiger partial charge in [0.25, 0.3) is 0 Å². The quantitative estimate of drug-likeness (QED) is 0.517. The molecule has 2 rings (SSSR count). The molecule has 2 fully saturated rings. The van der Waals surface area contributed by atoms with Crippen LogP contribution in [0.5, 0.6) is 0 Å². The smallest absolute Gasteiger partial charge is 0.408 e. The highest BCUT2D eigenvalue weighted by atomic mass is 19.3. The molecule has 3 amide bonds. The number of carbonyl (C=O) groups excluding carboxylic acids is 4. The molecule has 0 aromatic rings. The minimum Gasteiger partial charge on any atom is -0.464 e. The highest BCUT2D eigenvalue weighted by Gasteiger charge is 2.67. The Bertz CT molecular complexity index is 838. The molecule has 35 heavy (non-hydrogen) atoms. The predicted octanol–water partition coefficient (Wildman–Crippen LogP) is 2.87. The van der Waals surface area contributed by atoms with Gasteiger partial charge in [-0.25, -0.2) is 18.4 Å². The largest absolute Gasteiger partial charge is 0.464 e. The minimum atomic E-state index is -2.80. The maximum Gasteiger partial charge on any atom is 0.408 e. The summed E-state index contributed by atoms with van der Waals surface area (Å²) in [7, 11) is 0. The van der Waals surface area contributed by atoms with Crippen molar-refractivity contribution in [2.24, 2.45) is 17.3 Å². The van der Waals surface area contributed by atoms with Crippen molar-refractivity contribution in [2.75, 3.05) is 13.2 Å². The van der Waals surface area contributed by atoms with Gasteiger partial charge in [-0.1, -0.05) is 27.7 Å². The van der Waals surface area contributed by atoms with Crippen LogP contribution < -0.4 is 10.6 Å². The zero-order chi connectivity index (χ0) is 26.9. The van der Waals surface area contributed by atoms with Gasteiger partial charge in [0, 0.05) is 6.54 Å². The molecule has 1 saturated carbocycles. The Morgan fingerprint density at radius 1 is 1.11 bits per heavy atom. The minimum absolute atomic E-state index is 0.0128. The van der Waals surface area contributed by atoms with Crippen LogP contribution in [0.3, 0.4) is 0 Å². The first-order chi connectivity index (χ1) is 15.9. The number of hydrogen-bond acceptors (Lipinski definition) is 6. The fraction of sp³-hybridized carbons (Fsp3) is 0.833. The van der Waals surface area contributed by atoms with Crippen LogP contribution in [0.4, 0.5) is 13.6 Å². The number of likely N-dealkylation sites (tertiary alicyclic amines) is 1. The van der Waals surface area contributed by atoms with E-state index in [1.54, 1.807) is 48.5 Å². The summed E-state index contributed by atoms with van der Waals surface area (Å²) < 4.78 is 37.1. The fourth-order valence-electron chi connectivity index (χ4n) is 4.36. The first-order valence-corrected chi connectivity index (χ1v) is 12.0. The van der Waals surface area contributed by atoms with Crippen molar-refractivity contribution in [3.8, 4) is 0 Å². The number of nitrogens with zero attached hydrogens (tertiary/aromatic N) is 1. The van der Waals surface area contributed by atoms with Gasteiger partial charge in [-0.3, -0.25) is 9.59 Å². The summed E-state index contributed by atoms with van der Waals surface area (Å²) in [4.78, 5) is 53.1. The van der Waals surface area contributed by atoms with Crippen LogP contribution in [-0.2, 0) is 23.9 Å². The molecule has 0 spiro atoms. The maximum atomic E-state index is 13.6. The third kappa shape index (κ3) is 6.82. The van der Waals surface area contributed by atoms with Crippen molar-refractivity contribution in [3.05, 3.63) is 0 Å². The van der Waals surface area contributed by atoms with Crippen LogP contribution in [0.2, 0.25) is 0 Å². The lowest BCUT2D eigenvalue weighted by Gasteiger charge is -2.36. The zero-order valence-electron chi connectivity index (χ0n) is 21.9. The molecule has 2 aliphatic rings. The number of alkyl halides is 2. The molecular formula is C24H39F2N3O6. The molecule has 1 saturated heterocycles. The monoisotopic (exact) mass is 503 g/mol. The van der Waals surface area contributed by atoms with E-state index in [0.29, 0.717) is 6.42 Å². The van der Waals surface area contributed by atoms with Gasteiger partial charge < -0.3 is 25.0 Å². The number of alkyl carbamates (subject to hydrolysis) is 1. The van der Waals surface area contributed by atoms with Crippen molar-refractivity contribution in [3.63, 3.8) is 0 Å². The van der Waals surface area contributed by atoms with Gasteiger partial charge in [0.2, 0.25) is 18.2 Å². The summed E-state index contributed by atoms with van der Waals surface area (Å²) in [6.45, 7) is 14.1. The molecule has 0 bridgehead atoms. The van der Waals surface area contributed by atoms with Crippen molar-refractivity contribution < 1.29 is 37.4 Å². The van der Waals surface area contributed by atoms with E-state index in [9.17, 15) is 28.0 Å². The van der Waals surface area contributed by atoms with E-state index in [4.69, 9.17) is 9.47 Å². The van der Waals surface area contributed by atoms with E-state index in [2.05, 4.69) is 10.6 Å². The first-order valence-electron chi connectivity index (χ1n) is 12.0. The Balaban J connectivity index is 2.25. The summed E-state index contributed by atoms with van der Waals surface area (Å²) in [6, 6.07) is -1.99.